The molecular weight excluding hydrogens is 260 g/mol. The van der Waals surface area contributed by atoms with Crippen LogP contribution < -0.4 is 5.32 Å². The summed E-state index contributed by atoms with van der Waals surface area (Å²) in [5.74, 6) is 0. The predicted octanol–water partition coefficient (Wildman–Crippen LogP) is 2.35. The quantitative estimate of drug-likeness (QED) is 0.783. The smallest absolute Gasteiger partial charge is 0.407 e. The number of hydrogen-bond acceptors (Lipinski definition) is 3. The average molecular weight is 288 g/mol. The third-order valence-electron chi connectivity index (χ3n) is 4.35. The lowest BCUT2D eigenvalue weighted by Crippen LogP contribution is -2.59. The fourth-order valence-electron chi connectivity index (χ4n) is 1.83. The van der Waals surface area contributed by atoms with Crippen molar-refractivity contribution in [2.24, 2.45) is 0 Å². The van der Waals surface area contributed by atoms with Crippen molar-refractivity contribution >= 4 is 14.4 Å². The first-order valence-electron chi connectivity index (χ1n) is 6.91. The van der Waals surface area contributed by atoms with Crippen molar-refractivity contribution < 1.29 is 14.3 Å². The fraction of sp³-hybridized carbons (Fsp3) is 0.923. The summed E-state index contributed by atoms with van der Waals surface area (Å²) < 4.78 is 6.15. The second kappa shape index (κ2) is 5.81. The van der Waals surface area contributed by atoms with Gasteiger partial charge in [-0.3, -0.25) is 0 Å². The van der Waals surface area contributed by atoms with Gasteiger partial charge < -0.3 is 19.7 Å². The van der Waals surface area contributed by atoms with Crippen molar-refractivity contribution in [2.75, 3.05) is 19.7 Å². The molecule has 1 saturated heterocycles. The maximum atomic E-state index is 11.1. The fourth-order valence-corrected chi connectivity index (χ4v) is 2.88. The monoisotopic (exact) mass is 288 g/mol. The second-order valence-corrected chi connectivity index (χ2v) is 11.8. The minimum Gasteiger partial charge on any atom is -0.465 e. The standard InChI is InChI=1S/C13H28N2O3Si/c1-10-7-14-11(8-15(10)12(16)17)9-18-19(5,6)13(2,3)4/h10-11,14H,7-9H2,1-6H3,(H,16,17)/t10-,11-/m1/s1. The maximum absolute atomic E-state index is 11.1. The Bertz CT molecular complexity index is 328. The van der Waals surface area contributed by atoms with Crippen LogP contribution in [0, 0.1) is 0 Å². The molecule has 112 valence electrons. The lowest BCUT2D eigenvalue weighted by molar-refractivity contribution is 0.0916. The Balaban J connectivity index is 2.53. The van der Waals surface area contributed by atoms with Gasteiger partial charge in [0.15, 0.2) is 8.32 Å². The molecule has 0 aromatic heterocycles. The van der Waals surface area contributed by atoms with Gasteiger partial charge in [0.1, 0.15) is 0 Å². The summed E-state index contributed by atoms with van der Waals surface area (Å²) in [4.78, 5) is 12.6. The molecule has 2 N–H and O–H groups in total. The molecule has 0 spiro atoms. The van der Waals surface area contributed by atoms with Crippen molar-refractivity contribution in [1.29, 1.82) is 0 Å². The van der Waals surface area contributed by atoms with E-state index in [9.17, 15) is 4.79 Å². The molecule has 6 heteroatoms. The van der Waals surface area contributed by atoms with Crippen LogP contribution in [0.5, 0.6) is 0 Å². The highest BCUT2D eigenvalue weighted by Crippen LogP contribution is 2.36. The van der Waals surface area contributed by atoms with Gasteiger partial charge in [-0.25, -0.2) is 4.79 Å². The van der Waals surface area contributed by atoms with Gasteiger partial charge in [-0.2, -0.15) is 0 Å². The summed E-state index contributed by atoms with van der Waals surface area (Å²) in [5.41, 5.74) is 0. The average Bonchev–Trinajstić information content (AvgIpc) is 2.26. The Kier molecular flexibility index (Phi) is 5.03. The summed E-state index contributed by atoms with van der Waals surface area (Å²) in [6.45, 7) is 14.8. The van der Waals surface area contributed by atoms with Crippen LogP contribution >= 0.6 is 0 Å². The molecule has 1 heterocycles. The van der Waals surface area contributed by atoms with Crippen molar-refractivity contribution in [1.82, 2.24) is 10.2 Å². The largest absolute Gasteiger partial charge is 0.465 e. The van der Waals surface area contributed by atoms with Gasteiger partial charge in [0, 0.05) is 25.2 Å². The Morgan fingerprint density at radius 3 is 2.53 bits per heavy atom. The molecule has 0 radical (unpaired) electrons. The highest BCUT2D eigenvalue weighted by atomic mass is 28.4. The topological polar surface area (TPSA) is 61.8 Å². The van der Waals surface area contributed by atoms with Gasteiger partial charge in [-0.05, 0) is 25.1 Å². The van der Waals surface area contributed by atoms with Gasteiger partial charge in [0.25, 0.3) is 0 Å². The first kappa shape index (κ1) is 16.5. The van der Waals surface area contributed by atoms with E-state index in [1.54, 1.807) is 0 Å². The number of carboxylic acid groups (broad SMARTS) is 1. The normalized spacial score (nSPS) is 25.5. The number of nitrogens with one attached hydrogen (secondary N) is 1. The molecule has 0 bridgehead atoms. The SMILES string of the molecule is C[C@@H]1CN[C@@H](CO[Si](C)(C)C(C)(C)C)CN1C(=O)O. The molecule has 19 heavy (non-hydrogen) atoms. The van der Waals surface area contributed by atoms with Crippen molar-refractivity contribution in [3.8, 4) is 0 Å². The summed E-state index contributed by atoms with van der Waals surface area (Å²) >= 11 is 0. The lowest BCUT2D eigenvalue weighted by atomic mass is 10.1. The van der Waals surface area contributed by atoms with Crippen LogP contribution in [0.2, 0.25) is 18.1 Å². The third-order valence-corrected chi connectivity index (χ3v) is 8.85. The van der Waals surface area contributed by atoms with Crippen LogP contribution in [0.25, 0.3) is 0 Å². The van der Waals surface area contributed by atoms with E-state index in [1.807, 2.05) is 6.92 Å². The molecule has 1 rings (SSSR count). The molecule has 1 amide bonds. The molecule has 1 aliphatic heterocycles. The van der Waals surface area contributed by atoms with E-state index in [2.05, 4.69) is 39.2 Å². The van der Waals surface area contributed by atoms with Crippen LogP contribution in [0.15, 0.2) is 0 Å². The zero-order valence-corrected chi connectivity index (χ0v) is 14.0. The van der Waals surface area contributed by atoms with Crippen molar-refractivity contribution in [2.45, 2.75) is 57.9 Å². The number of nitrogens with zero attached hydrogens (tertiary/aromatic N) is 1. The third kappa shape index (κ3) is 4.19. The highest BCUT2D eigenvalue weighted by molar-refractivity contribution is 6.74. The number of piperazine rings is 1. The number of amides is 1. The summed E-state index contributed by atoms with van der Waals surface area (Å²) in [6.07, 6.45) is -0.841. The molecule has 1 fully saturated rings. The van der Waals surface area contributed by atoms with E-state index in [1.165, 1.54) is 4.90 Å². The molecule has 0 aromatic carbocycles. The molecule has 5 nitrogen and oxygen atoms in total. The van der Waals surface area contributed by atoms with Gasteiger partial charge in [-0.15, -0.1) is 0 Å². The molecule has 0 aromatic rings. The van der Waals surface area contributed by atoms with Crippen LogP contribution in [-0.2, 0) is 4.43 Å². The van der Waals surface area contributed by atoms with E-state index in [-0.39, 0.29) is 17.1 Å². The zero-order valence-electron chi connectivity index (χ0n) is 13.0. The molecule has 1 aliphatic rings. The molecule has 0 aliphatic carbocycles. The van der Waals surface area contributed by atoms with Gasteiger partial charge in [0.05, 0.1) is 6.61 Å². The summed E-state index contributed by atoms with van der Waals surface area (Å²) in [6, 6.07) is 0.128. The number of hydrogen-bond donors (Lipinski definition) is 2. The molecule has 2 atom stereocenters. The van der Waals surface area contributed by atoms with Gasteiger partial charge in [-0.1, -0.05) is 20.8 Å². The van der Waals surface area contributed by atoms with E-state index >= 15 is 0 Å². The maximum Gasteiger partial charge on any atom is 0.407 e. The lowest BCUT2D eigenvalue weighted by Gasteiger charge is -2.40. The van der Waals surface area contributed by atoms with Crippen LogP contribution in [0.1, 0.15) is 27.7 Å². The molecule has 0 unspecified atom stereocenters. The van der Waals surface area contributed by atoms with Gasteiger partial charge >= 0.3 is 6.09 Å². The molecular formula is C13H28N2O3Si. The first-order chi connectivity index (χ1) is 8.54. The minimum absolute atomic E-state index is 0.0293. The van der Waals surface area contributed by atoms with E-state index in [0.717, 1.165) is 0 Å². The Labute approximate surface area is 117 Å². The minimum atomic E-state index is -1.76. The van der Waals surface area contributed by atoms with E-state index < -0.39 is 14.4 Å². The zero-order chi connectivity index (χ0) is 14.8. The number of carbonyl (C=O) groups is 1. The number of rotatable bonds is 3. The van der Waals surface area contributed by atoms with Crippen molar-refractivity contribution in [3.05, 3.63) is 0 Å². The van der Waals surface area contributed by atoms with Crippen molar-refractivity contribution in [3.63, 3.8) is 0 Å². The van der Waals surface area contributed by atoms with E-state index in [4.69, 9.17) is 9.53 Å². The van der Waals surface area contributed by atoms with E-state index in [0.29, 0.717) is 19.7 Å². The van der Waals surface area contributed by atoms with Crippen LogP contribution in [-0.4, -0.2) is 56.2 Å². The first-order valence-corrected chi connectivity index (χ1v) is 9.82. The summed E-state index contributed by atoms with van der Waals surface area (Å²) in [7, 11) is -1.76. The Hall–Kier alpha value is -0.593. The van der Waals surface area contributed by atoms with Crippen LogP contribution in [0.4, 0.5) is 4.79 Å². The highest BCUT2D eigenvalue weighted by Gasteiger charge is 2.38. The predicted molar refractivity (Wildman–Crippen MR) is 79.1 cm³/mol. The van der Waals surface area contributed by atoms with Gasteiger partial charge in [0.2, 0.25) is 0 Å². The second-order valence-electron chi connectivity index (χ2n) is 6.96. The van der Waals surface area contributed by atoms with Crippen LogP contribution in [0.3, 0.4) is 0 Å². The Morgan fingerprint density at radius 1 is 1.47 bits per heavy atom. The Morgan fingerprint density at radius 2 is 2.05 bits per heavy atom. The molecule has 0 saturated carbocycles. The summed E-state index contributed by atoms with van der Waals surface area (Å²) in [5, 5.41) is 12.7.